The van der Waals surface area contributed by atoms with E-state index in [9.17, 15) is 9.59 Å². The van der Waals surface area contributed by atoms with Crippen molar-refractivity contribution in [1.82, 2.24) is 10.2 Å². The molecule has 1 saturated carbocycles. The minimum Gasteiger partial charge on any atom is -0.368 e. The fourth-order valence-electron chi connectivity index (χ4n) is 3.36. The van der Waals surface area contributed by atoms with Crippen LogP contribution in [-0.4, -0.2) is 41.9 Å². The molecule has 1 heterocycles. The van der Waals surface area contributed by atoms with Crippen LogP contribution in [0.1, 0.15) is 45.4 Å². The highest BCUT2D eigenvalue weighted by Gasteiger charge is 2.33. The van der Waals surface area contributed by atoms with E-state index in [0.717, 1.165) is 45.1 Å². The van der Waals surface area contributed by atoms with Crippen molar-refractivity contribution in [2.45, 2.75) is 57.5 Å². The van der Waals surface area contributed by atoms with Gasteiger partial charge in [0.1, 0.15) is 0 Å². The maximum atomic E-state index is 12.7. The Balaban J connectivity index is 2.03. The number of carbonyl (C=O) groups excluding carboxylic acids is 2. The Labute approximate surface area is 114 Å². The minimum absolute atomic E-state index is 0.0520. The van der Waals surface area contributed by atoms with Gasteiger partial charge in [0.05, 0.1) is 6.54 Å². The Kier molecular flexibility index (Phi) is 4.80. The van der Waals surface area contributed by atoms with Crippen molar-refractivity contribution in [3.8, 4) is 0 Å². The van der Waals surface area contributed by atoms with Crippen molar-refractivity contribution in [1.29, 1.82) is 0 Å². The fourth-order valence-corrected chi connectivity index (χ4v) is 3.36. The second-order valence-electron chi connectivity index (χ2n) is 5.95. The first-order chi connectivity index (χ1) is 9.08. The van der Waals surface area contributed by atoms with Gasteiger partial charge >= 0.3 is 0 Å². The van der Waals surface area contributed by atoms with E-state index in [4.69, 9.17) is 5.73 Å². The Morgan fingerprint density at radius 3 is 2.53 bits per heavy atom. The molecule has 5 nitrogen and oxygen atoms in total. The van der Waals surface area contributed by atoms with Gasteiger partial charge in [0.25, 0.3) is 0 Å². The van der Waals surface area contributed by atoms with E-state index in [0.29, 0.717) is 6.04 Å². The second-order valence-corrected chi connectivity index (χ2v) is 5.95. The molecule has 108 valence electrons. The molecular weight excluding hydrogens is 242 g/mol. The van der Waals surface area contributed by atoms with E-state index < -0.39 is 5.91 Å². The van der Waals surface area contributed by atoms with Gasteiger partial charge in [-0.25, -0.2) is 0 Å². The maximum Gasteiger partial charge on any atom is 0.237 e. The predicted molar refractivity (Wildman–Crippen MR) is 73.4 cm³/mol. The normalized spacial score (nSPS) is 28.3. The molecule has 0 aromatic rings. The number of amides is 2. The summed E-state index contributed by atoms with van der Waals surface area (Å²) in [7, 11) is 0. The SMILES string of the molecule is CC1CC(C(=O)N(CC(N)=O)C2CCCC2)CCN1. The molecule has 1 saturated heterocycles. The van der Waals surface area contributed by atoms with Gasteiger partial charge in [0.15, 0.2) is 0 Å². The Hall–Kier alpha value is -1.10. The monoisotopic (exact) mass is 267 g/mol. The van der Waals surface area contributed by atoms with Gasteiger partial charge in [0.2, 0.25) is 11.8 Å². The predicted octanol–water partition coefficient (Wildman–Crippen LogP) is 0.631. The number of hydrogen-bond donors (Lipinski definition) is 2. The Bertz CT molecular complexity index is 340. The number of rotatable bonds is 4. The third kappa shape index (κ3) is 3.69. The molecule has 0 radical (unpaired) electrons. The Morgan fingerprint density at radius 2 is 1.95 bits per heavy atom. The number of nitrogens with one attached hydrogen (secondary N) is 1. The summed E-state index contributed by atoms with van der Waals surface area (Å²) in [4.78, 5) is 25.7. The summed E-state index contributed by atoms with van der Waals surface area (Å²) in [6.45, 7) is 3.07. The average molecular weight is 267 g/mol. The molecule has 19 heavy (non-hydrogen) atoms. The Morgan fingerprint density at radius 1 is 1.26 bits per heavy atom. The summed E-state index contributed by atoms with van der Waals surface area (Å²) < 4.78 is 0. The average Bonchev–Trinajstić information content (AvgIpc) is 2.88. The zero-order valence-corrected chi connectivity index (χ0v) is 11.7. The molecule has 0 spiro atoms. The first-order valence-electron chi connectivity index (χ1n) is 7.40. The quantitative estimate of drug-likeness (QED) is 0.784. The molecule has 2 rings (SSSR count). The number of primary amides is 1. The van der Waals surface area contributed by atoms with Crippen LogP contribution in [-0.2, 0) is 9.59 Å². The number of carbonyl (C=O) groups is 2. The topological polar surface area (TPSA) is 75.4 Å². The van der Waals surface area contributed by atoms with E-state index in [2.05, 4.69) is 12.2 Å². The van der Waals surface area contributed by atoms with Crippen molar-refractivity contribution in [3.63, 3.8) is 0 Å². The molecule has 0 bridgehead atoms. The van der Waals surface area contributed by atoms with Crippen molar-refractivity contribution >= 4 is 11.8 Å². The molecule has 5 heteroatoms. The fraction of sp³-hybridized carbons (Fsp3) is 0.857. The lowest BCUT2D eigenvalue weighted by Crippen LogP contribution is -2.49. The van der Waals surface area contributed by atoms with Gasteiger partial charge < -0.3 is 16.0 Å². The lowest BCUT2D eigenvalue weighted by atomic mass is 9.91. The summed E-state index contributed by atoms with van der Waals surface area (Å²) >= 11 is 0. The zero-order valence-electron chi connectivity index (χ0n) is 11.7. The van der Waals surface area contributed by atoms with Gasteiger partial charge in [0, 0.05) is 18.0 Å². The van der Waals surface area contributed by atoms with E-state index >= 15 is 0 Å². The van der Waals surface area contributed by atoms with E-state index in [1.165, 1.54) is 0 Å². The van der Waals surface area contributed by atoms with Crippen LogP contribution < -0.4 is 11.1 Å². The molecule has 1 aliphatic carbocycles. The van der Waals surface area contributed by atoms with Crippen LogP contribution in [0.3, 0.4) is 0 Å². The molecule has 2 atom stereocenters. The lowest BCUT2D eigenvalue weighted by Gasteiger charge is -2.34. The van der Waals surface area contributed by atoms with Crippen LogP contribution in [0.2, 0.25) is 0 Å². The highest BCUT2D eigenvalue weighted by atomic mass is 16.2. The summed E-state index contributed by atoms with van der Waals surface area (Å²) in [5.41, 5.74) is 5.31. The number of piperidine rings is 1. The van der Waals surface area contributed by atoms with Gasteiger partial charge in [-0.3, -0.25) is 9.59 Å². The van der Waals surface area contributed by atoms with E-state index in [-0.39, 0.29) is 24.4 Å². The molecule has 2 amide bonds. The highest BCUT2D eigenvalue weighted by Crippen LogP contribution is 2.27. The standard InChI is InChI=1S/C14H25N3O2/c1-10-8-11(6-7-16-10)14(19)17(9-13(15)18)12-4-2-3-5-12/h10-12,16H,2-9H2,1H3,(H2,15,18). The summed E-state index contributed by atoms with van der Waals surface area (Å²) in [6.07, 6.45) is 6.05. The number of nitrogens with two attached hydrogens (primary N) is 1. The molecule has 0 aromatic heterocycles. The number of nitrogens with zero attached hydrogens (tertiary/aromatic N) is 1. The second kappa shape index (κ2) is 6.37. The smallest absolute Gasteiger partial charge is 0.237 e. The van der Waals surface area contributed by atoms with Crippen LogP contribution in [0.25, 0.3) is 0 Å². The molecule has 2 aliphatic rings. The third-order valence-corrected chi connectivity index (χ3v) is 4.35. The van der Waals surface area contributed by atoms with Gasteiger partial charge in [-0.1, -0.05) is 12.8 Å². The third-order valence-electron chi connectivity index (χ3n) is 4.35. The molecule has 3 N–H and O–H groups in total. The van der Waals surface area contributed by atoms with Crippen molar-refractivity contribution in [2.75, 3.05) is 13.1 Å². The first kappa shape index (κ1) is 14.3. The van der Waals surface area contributed by atoms with Crippen LogP contribution in [0, 0.1) is 5.92 Å². The largest absolute Gasteiger partial charge is 0.368 e. The van der Waals surface area contributed by atoms with Gasteiger partial charge in [-0.2, -0.15) is 0 Å². The van der Waals surface area contributed by atoms with Crippen molar-refractivity contribution in [3.05, 3.63) is 0 Å². The van der Waals surface area contributed by atoms with E-state index in [1.807, 2.05) is 0 Å². The highest BCUT2D eigenvalue weighted by molar-refractivity contribution is 5.85. The molecule has 1 aliphatic heterocycles. The first-order valence-corrected chi connectivity index (χ1v) is 7.40. The van der Waals surface area contributed by atoms with Crippen LogP contribution in [0.4, 0.5) is 0 Å². The minimum atomic E-state index is -0.401. The molecule has 2 unspecified atom stereocenters. The van der Waals surface area contributed by atoms with Gasteiger partial charge in [-0.05, 0) is 39.2 Å². The van der Waals surface area contributed by atoms with Gasteiger partial charge in [-0.15, -0.1) is 0 Å². The summed E-state index contributed by atoms with van der Waals surface area (Å²) in [5, 5.41) is 3.35. The zero-order chi connectivity index (χ0) is 13.8. The summed E-state index contributed by atoms with van der Waals surface area (Å²) in [6, 6.07) is 0.604. The van der Waals surface area contributed by atoms with Crippen molar-refractivity contribution in [2.24, 2.45) is 11.7 Å². The molecular formula is C14H25N3O2. The van der Waals surface area contributed by atoms with E-state index in [1.54, 1.807) is 4.90 Å². The maximum absolute atomic E-state index is 12.7. The molecule has 2 fully saturated rings. The van der Waals surface area contributed by atoms with Crippen molar-refractivity contribution < 1.29 is 9.59 Å². The summed E-state index contributed by atoms with van der Waals surface area (Å²) in [5.74, 6) is -0.211. The lowest BCUT2D eigenvalue weighted by molar-refractivity contribution is -0.142. The van der Waals surface area contributed by atoms with Crippen LogP contribution in [0.15, 0.2) is 0 Å². The van der Waals surface area contributed by atoms with Crippen LogP contribution in [0.5, 0.6) is 0 Å². The molecule has 0 aromatic carbocycles. The number of hydrogen-bond acceptors (Lipinski definition) is 3. The van der Waals surface area contributed by atoms with Crippen LogP contribution >= 0.6 is 0 Å².